The molecular formula is C15H10F4N2O4. The van der Waals surface area contributed by atoms with E-state index in [4.69, 9.17) is 4.74 Å². The first-order valence-electron chi connectivity index (χ1n) is 6.81. The van der Waals surface area contributed by atoms with Crippen LogP contribution in [0.3, 0.4) is 0 Å². The third kappa shape index (κ3) is 3.67. The highest BCUT2D eigenvalue weighted by atomic mass is 19.2. The number of ether oxygens (including phenoxy) is 1. The molecule has 0 aromatic heterocycles. The molecule has 25 heavy (non-hydrogen) atoms. The van der Waals surface area contributed by atoms with Gasteiger partial charge in [0, 0.05) is 0 Å². The minimum absolute atomic E-state index is 0.150. The number of hydrogen-bond acceptors (Lipinski definition) is 4. The Balaban J connectivity index is 2.40. The van der Waals surface area contributed by atoms with E-state index in [-0.39, 0.29) is 24.1 Å². The van der Waals surface area contributed by atoms with Gasteiger partial charge in [-0.1, -0.05) is 0 Å². The second kappa shape index (κ2) is 7.16. The smallest absolute Gasteiger partial charge is 0.296 e. The normalized spacial score (nSPS) is 10.4. The van der Waals surface area contributed by atoms with Crippen LogP contribution in [0.1, 0.15) is 17.3 Å². The van der Waals surface area contributed by atoms with E-state index in [0.717, 1.165) is 12.1 Å². The maximum atomic E-state index is 13.6. The molecule has 2 aromatic rings. The van der Waals surface area contributed by atoms with Crippen molar-refractivity contribution in [2.75, 3.05) is 11.9 Å². The van der Waals surface area contributed by atoms with E-state index in [2.05, 4.69) is 0 Å². The van der Waals surface area contributed by atoms with Crippen LogP contribution in [0.25, 0.3) is 0 Å². The number of carbonyl (C=O) groups excluding carboxylic acids is 1. The van der Waals surface area contributed by atoms with E-state index in [1.165, 1.54) is 6.07 Å². The summed E-state index contributed by atoms with van der Waals surface area (Å²) in [7, 11) is 0. The summed E-state index contributed by atoms with van der Waals surface area (Å²) in [6.07, 6.45) is 0. The van der Waals surface area contributed by atoms with E-state index in [1.807, 2.05) is 5.32 Å². The van der Waals surface area contributed by atoms with Crippen molar-refractivity contribution in [1.29, 1.82) is 0 Å². The molecule has 0 aliphatic heterocycles. The van der Waals surface area contributed by atoms with Gasteiger partial charge in [-0.15, -0.1) is 0 Å². The van der Waals surface area contributed by atoms with Crippen molar-refractivity contribution in [2.45, 2.75) is 6.92 Å². The van der Waals surface area contributed by atoms with Gasteiger partial charge in [0.05, 0.1) is 23.2 Å². The molecule has 0 aliphatic rings. The Labute approximate surface area is 138 Å². The average Bonchev–Trinajstić information content (AvgIpc) is 2.57. The lowest BCUT2D eigenvalue weighted by Crippen LogP contribution is -2.17. The standard InChI is InChI=1S/C15H10F4N2O4/c1-2-25-7-3-4-10(11(5-7)21(23)24)20-15(22)8-6-9(16)13(18)14(19)12(8)17/h3-6H,2H2,1H3,(H,20,22). The number of benzene rings is 2. The molecule has 132 valence electrons. The fourth-order valence-electron chi connectivity index (χ4n) is 1.95. The molecule has 2 rings (SSSR count). The molecule has 0 radical (unpaired) electrons. The van der Waals surface area contributed by atoms with Crippen LogP contribution in [0.15, 0.2) is 24.3 Å². The number of rotatable bonds is 5. The summed E-state index contributed by atoms with van der Waals surface area (Å²) in [5.41, 5.74) is -2.08. The third-order valence-electron chi connectivity index (χ3n) is 3.07. The Morgan fingerprint density at radius 3 is 2.44 bits per heavy atom. The minimum atomic E-state index is -2.16. The quantitative estimate of drug-likeness (QED) is 0.290. The van der Waals surface area contributed by atoms with Gasteiger partial charge in [-0.3, -0.25) is 14.9 Å². The van der Waals surface area contributed by atoms with Crippen LogP contribution >= 0.6 is 0 Å². The van der Waals surface area contributed by atoms with Crippen LogP contribution in [0.4, 0.5) is 28.9 Å². The number of nitrogens with zero attached hydrogens (tertiary/aromatic N) is 1. The number of halogens is 4. The van der Waals surface area contributed by atoms with Crippen molar-refractivity contribution < 1.29 is 32.0 Å². The molecule has 2 aromatic carbocycles. The lowest BCUT2D eigenvalue weighted by molar-refractivity contribution is -0.384. The molecule has 0 saturated heterocycles. The van der Waals surface area contributed by atoms with E-state index in [0.29, 0.717) is 0 Å². The topological polar surface area (TPSA) is 81.5 Å². The van der Waals surface area contributed by atoms with Crippen molar-refractivity contribution in [3.63, 3.8) is 0 Å². The van der Waals surface area contributed by atoms with Gasteiger partial charge >= 0.3 is 0 Å². The zero-order chi connectivity index (χ0) is 18.7. The third-order valence-corrected chi connectivity index (χ3v) is 3.07. The molecule has 6 nitrogen and oxygen atoms in total. The molecular weight excluding hydrogens is 348 g/mol. The van der Waals surface area contributed by atoms with Crippen molar-refractivity contribution in [1.82, 2.24) is 0 Å². The summed E-state index contributed by atoms with van der Waals surface area (Å²) < 4.78 is 58.0. The maximum Gasteiger partial charge on any atom is 0.296 e. The number of nitro benzene ring substituents is 1. The zero-order valence-electron chi connectivity index (χ0n) is 12.6. The van der Waals surface area contributed by atoms with E-state index < -0.39 is 45.4 Å². The van der Waals surface area contributed by atoms with Gasteiger partial charge in [-0.2, -0.15) is 0 Å². The molecule has 0 spiro atoms. The van der Waals surface area contributed by atoms with Gasteiger partial charge in [0.25, 0.3) is 11.6 Å². The van der Waals surface area contributed by atoms with E-state index in [9.17, 15) is 32.5 Å². The number of anilines is 1. The van der Waals surface area contributed by atoms with Crippen molar-refractivity contribution in [3.05, 3.63) is 63.2 Å². The van der Waals surface area contributed by atoms with Crippen LogP contribution < -0.4 is 10.1 Å². The van der Waals surface area contributed by atoms with Crippen LogP contribution in [0, 0.1) is 33.4 Å². The van der Waals surface area contributed by atoms with Crippen LogP contribution in [-0.2, 0) is 0 Å². The Morgan fingerprint density at radius 2 is 1.84 bits per heavy atom. The molecule has 0 aliphatic carbocycles. The molecule has 0 saturated carbocycles. The minimum Gasteiger partial charge on any atom is -0.494 e. The summed E-state index contributed by atoms with van der Waals surface area (Å²) in [5, 5.41) is 13.0. The molecule has 0 bridgehead atoms. The Morgan fingerprint density at radius 1 is 1.16 bits per heavy atom. The highest BCUT2D eigenvalue weighted by Gasteiger charge is 2.25. The largest absolute Gasteiger partial charge is 0.494 e. The first-order chi connectivity index (χ1) is 11.8. The number of hydrogen-bond donors (Lipinski definition) is 1. The second-order valence-corrected chi connectivity index (χ2v) is 4.67. The second-order valence-electron chi connectivity index (χ2n) is 4.67. The summed E-state index contributed by atoms with van der Waals surface area (Å²) >= 11 is 0. The number of amides is 1. The zero-order valence-corrected chi connectivity index (χ0v) is 12.6. The number of carbonyl (C=O) groups is 1. The van der Waals surface area contributed by atoms with Gasteiger partial charge in [0.2, 0.25) is 0 Å². The molecule has 1 amide bonds. The number of nitro groups is 1. The van der Waals surface area contributed by atoms with E-state index in [1.54, 1.807) is 6.92 Å². The monoisotopic (exact) mass is 358 g/mol. The Bertz CT molecular complexity index is 858. The van der Waals surface area contributed by atoms with Gasteiger partial charge < -0.3 is 10.1 Å². The van der Waals surface area contributed by atoms with Crippen LogP contribution in [0.5, 0.6) is 5.75 Å². The Kier molecular flexibility index (Phi) is 5.20. The van der Waals surface area contributed by atoms with Crippen molar-refractivity contribution >= 4 is 17.3 Å². The van der Waals surface area contributed by atoms with E-state index >= 15 is 0 Å². The van der Waals surface area contributed by atoms with Crippen LogP contribution in [0.2, 0.25) is 0 Å². The lowest BCUT2D eigenvalue weighted by Gasteiger charge is -2.09. The predicted molar refractivity (Wildman–Crippen MR) is 78.5 cm³/mol. The molecule has 1 N–H and O–H groups in total. The molecule has 0 heterocycles. The van der Waals surface area contributed by atoms with Crippen molar-refractivity contribution in [2.24, 2.45) is 0 Å². The van der Waals surface area contributed by atoms with Crippen LogP contribution in [-0.4, -0.2) is 17.4 Å². The molecule has 0 atom stereocenters. The summed E-state index contributed by atoms with van der Waals surface area (Å²) in [6, 6.07) is 3.58. The predicted octanol–water partition coefficient (Wildman–Crippen LogP) is 3.80. The number of nitrogens with one attached hydrogen (secondary N) is 1. The van der Waals surface area contributed by atoms with Gasteiger partial charge in [-0.25, -0.2) is 17.6 Å². The first kappa shape index (κ1) is 18.2. The highest BCUT2D eigenvalue weighted by Crippen LogP contribution is 2.30. The summed E-state index contributed by atoms with van der Waals surface area (Å²) in [4.78, 5) is 22.2. The molecule has 0 unspecified atom stereocenters. The van der Waals surface area contributed by atoms with Gasteiger partial charge in [0.1, 0.15) is 11.4 Å². The maximum absolute atomic E-state index is 13.6. The fraction of sp³-hybridized carbons (Fsp3) is 0.133. The highest BCUT2D eigenvalue weighted by molar-refractivity contribution is 6.05. The molecule has 0 fully saturated rings. The van der Waals surface area contributed by atoms with Crippen molar-refractivity contribution in [3.8, 4) is 5.75 Å². The fourth-order valence-corrected chi connectivity index (χ4v) is 1.95. The summed E-state index contributed by atoms with van der Waals surface area (Å²) in [5.74, 6) is -9.15. The SMILES string of the molecule is CCOc1ccc(NC(=O)c2cc(F)c(F)c(F)c2F)c([N+](=O)[O-])c1. The molecule has 10 heteroatoms. The van der Waals surface area contributed by atoms with Gasteiger partial charge in [0.15, 0.2) is 23.3 Å². The average molecular weight is 358 g/mol. The first-order valence-corrected chi connectivity index (χ1v) is 6.81. The lowest BCUT2D eigenvalue weighted by atomic mass is 10.1. The Hall–Kier alpha value is -3.17. The van der Waals surface area contributed by atoms with Gasteiger partial charge in [-0.05, 0) is 25.1 Å². The summed E-state index contributed by atoms with van der Waals surface area (Å²) in [6.45, 7) is 1.89.